The van der Waals surface area contributed by atoms with E-state index in [4.69, 9.17) is 25.2 Å². The molecule has 0 spiro atoms. The Labute approximate surface area is 196 Å². The van der Waals surface area contributed by atoms with Gasteiger partial charge in [0, 0.05) is 22.3 Å². The SMILES string of the molecule is COc1ccc(NC(=O)/C=C/c2ccc(-c3ccc(C)c(Cl)c3)o2)cc1-c1ccc(CO)o1. The summed E-state index contributed by atoms with van der Waals surface area (Å²) in [5, 5.41) is 12.7. The van der Waals surface area contributed by atoms with Crippen LogP contribution in [0, 0.1) is 6.92 Å². The molecule has 4 aromatic rings. The minimum Gasteiger partial charge on any atom is -0.496 e. The lowest BCUT2D eigenvalue weighted by atomic mass is 10.1. The van der Waals surface area contributed by atoms with Crippen molar-refractivity contribution in [2.45, 2.75) is 13.5 Å². The zero-order chi connectivity index (χ0) is 23.4. The Bertz CT molecular complexity index is 1320. The van der Waals surface area contributed by atoms with Crippen molar-refractivity contribution in [2.24, 2.45) is 0 Å². The molecule has 4 rings (SSSR count). The number of aliphatic hydroxyl groups excluding tert-OH is 1. The maximum Gasteiger partial charge on any atom is 0.248 e. The van der Waals surface area contributed by atoms with Crippen molar-refractivity contribution in [3.63, 3.8) is 0 Å². The van der Waals surface area contributed by atoms with E-state index in [2.05, 4.69) is 5.32 Å². The van der Waals surface area contributed by atoms with Crippen LogP contribution in [0.1, 0.15) is 17.1 Å². The van der Waals surface area contributed by atoms with Gasteiger partial charge in [-0.05, 0) is 67.1 Å². The summed E-state index contributed by atoms with van der Waals surface area (Å²) < 4.78 is 16.8. The van der Waals surface area contributed by atoms with E-state index in [1.54, 1.807) is 49.6 Å². The Morgan fingerprint density at radius 3 is 2.61 bits per heavy atom. The first kappa shape index (κ1) is 22.5. The molecule has 33 heavy (non-hydrogen) atoms. The van der Waals surface area contributed by atoms with Gasteiger partial charge in [0.2, 0.25) is 5.91 Å². The third kappa shape index (κ3) is 5.19. The quantitative estimate of drug-likeness (QED) is 0.313. The average molecular weight is 464 g/mol. The van der Waals surface area contributed by atoms with Crippen LogP contribution in [0.15, 0.2) is 75.6 Å². The number of rotatable bonds is 7. The highest BCUT2D eigenvalue weighted by atomic mass is 35.5. The molecule has 0 saturated heterocycles. The number of aryl methyl sites for hydroxylation is 1. The van der Waals surface area contributed by atoms with Crippen LogP contribution in [0.25, 0.3) is 28.7 Å². The first-order valence-corrected chi connectivity index (χ1v) is 10.6. The van der Waals surface area contributed by atoms with E-state index in [-0.39, 0.29) is 12.5 Å². The fourth-order valence-corrected chi connectivity index (χ4v) is 3.45. The third-order valence-corrected chi connectivity index (χ3v) is 5.44. The molecular weight excluding hydrogens is 442 g/mol. The summed E-state index contributed by atoms with van der Waals surface area (Å²) in [4.78, 5) is 12.5. The predicted octanol–water partition coefficient (Wildman–Crippen LogP) is 6.32. The molecule has 2 aromatic heterocycles. The highest BCUT2D eigenvalue weighted by molar-refractivity contribution is 6.31. The molecule has 2 aromatic carbocycles. The lowest BCUT2D eigenvalue weighted by Gasteiger charge is -2.09. The van der Waals surface area contributed by atoms with Gasteiger partial charge in [0.15, 0.2) is 0 Å². The third-order valence-electron chi connectivity index (χ3n) is 5.03. The summed E-state index contributed by atoms with van der Waals surface area (Å²) in [6.45, 7) is 1.74. The molecule has 0 aliphatic rings. The van der Waals surface area contributed by atoms with Crippen molar-refractivity contribution in [1.29, 1.82) is 0 Å². The van der Waals surface area contributed by atoms with E-state index < -0.39 is 0 Å². The van der Waals surface area contributed by atoms with Crippen LogP contribution in [-0.2, 0) is 11.4 Å². The number of carbonyl (C=O) groups is 1. The lowest BCUT2D eigenvalue weighted by Crippen LogP contribution is -2.07. The van der Waals surface area contributed by atoms with Gasteiger partial charge in [-0.3, -0.25) is 4.79 Å². The molecule has 0 aliphatic heterocycles. The topological polar surface area (TPSA) is 84.8 Å². The molecule has 0 bridgehead atoms. The second kappa shape index (κ2) is 9.81. The van der Waals surface area contributed by atoms with Crippen molar-refractivity contribution in [2.75, 3.05) is 12.4 Å². The van der Waals surface area contributed by atoms with Gasteiger partial charge in [-0.15, -0.1) is 0 Å². The molecule has 168 valence electrons. The zero-order valence-electron chi connectivity index (χ0n) is 18.1. The predicted molar refractivity (Wildman–Crippen MR) is 128 cm³/mol. The number of nitrogens with one attached hydrogen (secondary N) is 1. The van der Waals surface area contributed by atoms with Crippen molar-refractivity contribution in [1.82, 2.24) is 0 Å². The van der Waals surface area contributed by atoms with E-state index in [0.29, 0.717) is 45.1 Å². The van der Waals surface area contributed by atoms with E-state index >= 15 is 0 Å². The molecule has 0 radical (unpaired) electrons. The number of methoxy groups -OCH3 is 1. The van der Waals surface area contributed by atoms with Crippen LogP contribution >= 0.6 is 11.6 Å². The smallest absolute Gasteiger partial charge is 0.248 e. The number of ether oxygens (including phenoxy) is 1. The van der Waals surface area contributed by atoms with Crippen LogP contribution < -0.4 is 10.1 Å². The van der Waals surface area contributed by atoms with Crippen molar-refractivity contribution in [3.05, 3.63) is 88.8 Å². The van der Waals surface area contributed by atoms with E-state index in [9.17, 15) is 9.90 Å². The van der Waals surface area contributed by atoms with Gasteiger partial charge < -0.3 is 24.0 Å². The highest BCUT2D eigenvalue weighted by Gasteiger charge is 2.12. The van der Waals surface area contributed by atoms with E-state index in [0.717, 1.165) is 11.1 Å². The average Bonchev–Trinajstić information content (AvgIpc) is 3.49. The summed E-state index contributed by atoms with van der Waals surface area (Å²) in [5.41, 5.74) is 3.08. The Hall–Kier alpha value is -3.74. The molecule has 1 amide bonds. The fourth-order valence-electron chi connectivity index (χ4n) is 3.27. The lowest BCUT2D eigenvalue weighted by molar-refractivity contribution is -0.111. The van der Waals surface area contributed by atoms with Crippen LogP contribution in [0.4, 0.5) is 5.69 Å². The van der Waals surface area contributed by atoms with Crippen LogP contribution in [0.3, 0.4) is 0 Å². The fraction of sp³-hybridized carbons (Fsp3) is 0.115. The van der Waals surface area contributed by atoms with Crippen molar-refractivity contribution in [3.8, 4) is 28.4 Å². The maximum absolute atomic E-state index is 12.5. The van der Waals surface area contributed by atoms with Gasteiger partial charge in [-0.2, -0.15) is 0 Å². The number of carbonyl (C=O) groups excluding carboxylic acids is 1. The summed E-state index contributed by atoms with van der Waals surface area (Å²) in [5.74, 6) is 2.44. The first-order valence-electron chi connectivity index (χ1n) is 10.2. The van der Waals surface area contributed by atoms with Crippen LogP contribution in [0.2, 0.25) is 5.02 Å². The molecule has 0 fully saturated rings. The first-order chi connectivity index (χ1) is 16.0. The number of hydrogen-bond donors (Lipinski definition) is 2. The number of amides is 1. The highest BCUT2D eigenvalue weighted by Crippen LogP contribution is 2.34. The number of anilines is 1. The molecule has 7 heteroatoms. The van der Waals surface area contributed by atoms with Crippen molar-refractivity contribution < 1.29 is 23.5 Å². The minimum atomic E-state index is -0.321. The molecule has 0 aliphatic carbocycles. The zero-order valence-corrected chi connectivity index (χ0v) is 18.8. The largest absolute Gasteiger partial charge is 0.496 e. The maximum atomic E-state index is 12.5. The Morgan fingerprint density at radius 2 is 1.88 bits per heavy atom. The van der Waals surface area contributed by atoms with Gasteiger partial charge in [-0.1, -0.05) is 23.7 Å². The summed E-state index contributed by atoms with van der Waals surface area (Å²) in [6, 6.07) is 18.0. The molecule has 6 nitrogen and oxygen atoms in total. The number of furan rings is 2. The van der Waals surface area contributed by atoms with Crippen molar-refractivity contribution >= 4 is 29.3 Å². The normalized spacial score (nSPS) is 11.2. The summed E-state index contributed by atoms with van der Waals surface area (Å²) in [6.07, 6.45) is 2.99. The number of halogens is 1. The van der Waals surface area contributed by atoms with Crippen LogP contribution in [-0.4, -0.2) is 18.1 Å². The second-order valence-corrected chi connectivity index (χ2v) is 7.73. The standard InChI is InChI=1S/C26H22ClNO5/c1-16-3-4-17(13-22(16)27)23-10-6-19(32-23)8-12-26(30)28-18-5-9-24(31-2)21(14-18)25-11-7-20(15-29)33-25/h3-14,29H,15H2,1-2H3,(H,28,30)/b12-8+. The number of hydrogen-bond acceptors (Lipinski definition) is 5. The van der Waals surface area contributed by atoms with E-state index in [1.807, 2.05) is 31.2 Å². The van der Waals surface area contributed by atoms with Gasteiger partial charge in [-0.25, -0.2) is 0 Å². The summed E-state index contributed by atoms with van der Waals surface area (Å²) >= 11 is 6.19. The van der Waals surface area contributed by atoms with Gasteiger partial charge in [0.05, 0.1) is 12.7 Å². The van der Waals surface area contributed by atoms with Gasteiger partial charge >= 0.3 is 0 Å². The Kier molecular flexibility index (Phi) is 6.68. The Morgan fingerprint density at radius 1 is 1.06 bits per heavy atom. The summed E-state index contributed by atoms with van der Waals surface area (Å²) in [7, 11) is 1.55. The van der Waals surface area contributed by atoms with Gasteiger partial charge in [0.25, 0.3) is 0 Å². The molecular formula is C26H22ClNO5. The molecule has 0 saturated carbocycles. The molecule has 2 N–H and O–H groups in total. The molecule has 2 heterocycles. The minimum absolute atomic E-state index is 0.199. The Balaban J connectivity index is 1.47. The monoisotopic (exact) mass is 463 g/mol. The second-order valence-electron chi connectivity index (χ2n) is 7.33. The molecule has 0 atom stereocenters. The molecule has 0 unspecified atom stereocenters. The van der Waals surface area contributed by atoms with Gasteiger partial charge in [0.1, 0.15) is 35.4 Å². The van der Waals surface area contributed by atoms with E-state index in [1.165, 1.54) is 6.08 Å². The van der Waals surface area contributed by atoms with Crippen LogP contribution in [0.5, 0.6) is 5.75 Å². The number of benzene rings is 2. The number of aliphatic hydroxyl groups is 1.